The van der Waals surface area contributed by atoms with E-state index < -0.39 is 0 Å². The van der Waals surface area contributed by atoms with Gasteiger partial charge in [0.1, 0.15) is 5.75 Å². The second kappa shape index (κ2) is 5.76. The molecule has 20 heavy (non-hydrogen) atoms. The van der Waals surface area contributed by atoms with Crippen molar-refractivity contribution in [3.05, 3.63) is 58.6 Å². The summed E-state index contributed by atoms with van der Waals surface area (Å²) in [5.74, 6) is 1.48. The Hall–Kier alpha value is -1.67. The summed E-state index contributed by atoms with van der Waals surface area (Å²) in [6.45, 7) is 3.74. The minimum atomic E-state index is 0.469. The van der Waals surface area contributed by atoms with Crippen LogP contribution in [-0.2, 0) is 0 Å². The third kappa shape index (κ3) is 2.75. The smallest absolute Gasteiger partial charge is 0.122 e. The number of anilines is 1. The maximum atomic E-state index is 6.23. The fourth-order valence-corrected chi connectivity index (χ4v) is 2.82. The van der Waals surface area contributed by atoms with E-state index in [2.05, 4.69) is 30.4 Å². The SMILES string of the molecule is Cc1ccc(Cl)c(NCC2CCOc3ccccc32)c1. The van der Waals surface area contributed by atoms with Crippen LogP contribution in [0.1, 0.15) is 23.5 Å². The van der Waals surface area contributed by atoms with E-state index in [1.807, 2.05) is 24.3 Å². The maximum absolute atomic E-state index is 6.23. The number of fused-ring (bicyclic) bond motifs is 1. The van der Waals surface area contributed by atoms with Crippen LogP contribution in [0.25, 0.3) is 0 Å². The fraction of sp³-hybridized carbons (Fsp3) is 0.294. The van der Waals surface area contributed by atoms with Gasteiger partial charge in [-0.1, -0.05) is 35.9 Å². The first-order chi connectivity index (χ1) is 9.74. The van der Waals surface area contributed by atoms with Gasteiger partial charge in [-0.15, -0.1) is 0 Å². The molecule has 0 amide bonds. The van der Waals surface area contributed by atoms with Crippen LogP contribution in [0.3, 0.4) is 0 Å². The predicted octanol–water partition coefficient (Wildman–Crippen LogP) is 4.63. The monoisotopic (exact) mass is 287 g/mol. The lowest BCUT2D eigenvalue weighted by molar-refractivity contribution is 0.270. The molecule has 2 aromatic carbocycles. The molecule has 2 nitrogen and oxygen atoms in total. The molecule has 0 radical (unpaired) electrons. The van der Waals surface area contributed by atoms with Crippen LogP contribution in [0, 0.1) is 6.92 Å². The van der Waals surface area contributed by atoms with Gasteiger partial charge in [0.2, 0.25) is 0 Å². The third-order valence-corrected chi connectivity index (χ3v) is 4.07. The van der Waals surface area contributed by atoms with Crippen molar-refractivity contribution < 1.29 is 4.74 Å². The van der Waals surface area contributed by atoms with Gasteiger partial charge < -0.3 is 10.1 Å². The Balaban J connectivity index is 1.75. The molecule has 0 bridgehead atoms. The van der Waals surface area contributed by atoms with Crippen LogP contribution in [0.4, 0.5) is 5.69 Å². The van der Waals surface area contributed by atoms with Gasteiger partial charge in [-0.25, -0.2) is 0 Å². The highest BCUT2D eigenvalue weighted by Crippen LogP contribution is 2.34. The van der Waals surface area contributed by atoms with Crippen molar-refractivity contribution in [1.82, 2.24) is 0 Å². The van der Waals surface area contributed by atoms with Crippen molar-refractivity contribution in [2.45, 2.75) is 19.3 Å². The third-order valence-electron chi connectivity index (χ3n) is 3.74. The summed E-state index contributed by atoms with van der Waals surface area (Å²) in [6.07, 6.45) is 1.04. The topological polar surface area (TPSA) is 21.3 Å². The van der Waals surface area contributed by atoms with Crippen molar-refractivity contribution in [2.75, 3.05) is 18.5 Å². The molecular formula is C17H18ClNO. The highest BCUT2D eigenvalue weighted by Gasteiger charge is 2.20. The molecule has 1 heterocycles. The molecule has 1 atom stereocenters. The molecule has 0 spiro atoms. The molecule has 1 aliphatic heterocycles. The van der Waals surface area contributed by atoms with Gasteiger partial charge in [-0.3, -0.25) is 0 Å². The van der Waals surface area contributed by atoms with Crippen LogP contribution < -0.4 is 10.1 Å². The number of hydrogen-bond acceptors (Lipinski definition) is 2. The van der Waals surface area contributed by atoms with Crippen molar-refractivity contribution in [3.8, 4) is 5.75 Å². The number of hydrogen-bond donors (Lipinski definition) is 1. The zero-order valence-corrected chi connectivity index (χ0v) is 12.3. The van der Waals surface area contributed by atoms with E-state index in [1.165, 1.54) is 11.1 Å². The molecule has 2 aromatic rings. The van der Waals surface area contributed by atoms with E-state index in [0.717, 1.165) is 36.0 Å². The maximum Gasteiger partial charge on any atom is 0.122 e. The van der Waals surface area contributed by atoms with Crippen molar-refractivity contribution in [3.63, 3.8) is 0 Å². The first-order valence-electron chi connectivity index (χ1n) is 6.96. The second-order valence-electron chi connectivity index (χ2n) is 5.24. The highest BCUT2D eigenvalue weighted by atomic mass is 35.5. The van der Waals surface area contributed by atoms with Crippen LogP contribution in [0.5, 0.6) is 5.75 Å². The quantitative estimate of drug-likeness (QED) is 0.889. The van der Waals surface area contributed by atoms with Gasteiger partial charge in [-0.2, -0.15) is 0 Å². The Labute approximate surface area is 124 Å². The van der Waals surface area contributed by atoms with E-state index in [-0.39, 0.29) is 0 Å². The minimum absolute atomic E-state index is 0.469. The first kappa shape index (κ1) is 13.3. The highest BCUT2D eigenvalue weighted by molar-refractivity contribution is 6.33. The molecule has 1 N–H and O–H groups in total. The minimum Gasteiger partial charge on any atom is -0.493 e. The summed E-state index contributed by atoms with van der Waals surface area (Å²) in [7, 11) is 0. The van der Waals surface area contributed by atoms with Gasteiger partial charge >= 0.3 is 0 Å². The number of ether oxygens (including phenoxy) is 1. The molecular weight excluding hydrogens is 270 g/mol. The van der Waals surface area contributed by atoms with Crippen molar-refractivity contribution in [2.24, 2.45) is 0 Å². The summed E-state index contributed by atoms with van der Waals surface area (Å²) >= 11 is 6.23. The molecule has 1 aliphatic rings. The average molecular weight is 288 g/mol. The number of halogens is 1. The van der Waals surface area contributed by atoms with E-state index in [0.29, 0.717) is 5.92 Å². The number of nitrogens with one attached hydrogen (secondary N) is 1. The molecule has 0 aliphatic carbocycles. The Morgan fingerprint density at radius 3 is 3.00 bits per heavy atom. The second-order valence-corrected chi connectivity index (χ2v) is 5.64. The zero-order valence-electron chi connectivity index (χ0n) is 11.5. The summed E-state index contributed by atoms with van der Waals surface area (Å²) in [6, 6.07) is 14.3. The lowest BCUT2D eigenvalue weighted by Crippen LogP contribution is -2.20. The Kier molecular flexibility index (Phi) is 3.83. The summed E-state index contributed by atoms with van der Waals surface area (Å²) < 4.78 is 5.69. The summed E-state index contributed by atoms with van der Waals surface area (Å²) in [5, 5.41) is 4.25. The normalized spacial score (nSPS) is 17.2. The first-order valence-corrected chi connectivity index (χ1v) is 7.33. The molecule has 1 unspecified atom stereocenters. The lowest BCUT2D eigenvalue weighted by atomic mass is 9.93. The number of para-hydroxylation sites is 1. The van der Waals surface area contributed by atoms with Crippen LogP contribution in [0.2, 0.25) is 5.02 Å². The van der Waals surface area contributed by atoms with Gasteiger partial charge in [-0.05, 0) is 42.7 Å². The van der Waals surface area contributed by atoms with E-state index in [4.69, 9.17) is 16.3 Å². The van der Waals surface area contributed by atoms with Crippen molar-refractivity contribution >= 4 is 17.3 Å². The number of rotatable bonds is 3. The molecule has 0 saturated carbocycles. The molecule has 3 rings (SSSR count). The van der Waals surface area contributed by atoms with Crippen molar-refractivity contribution in [1.29, 1.82) is 0 Å². The number of aryl methyl sites for hydroxylation is 1. The lowest BCUT2D eigenvalue weighted by Gasteiger charge is -2.26. The average Bonchev–Trinajstić information content (AvgIpc) is 2.48. The van der Waals surface area contributed by atoms with Gasteiger partial charge in [0.25, 0.3) is 0 Å². The van der Waals surface area contributed by atoms with Gasteiger partial charge in [0, 0.05) is 12.5 Å². The van der Waals surface area contributed by atoms with E-state index in [9.17, 15) is 0 Å². The molecule has 3 heteroatoms. The molecule has 104 valence electrons. The number of benzene rings is 2. The Bertz CT molecular complexity index is 612. The van der Waals surface area contributed by atoms with E-state index >= 15 is 0 Å². The van der Waals surface area contributed by atoms with Crippen LogP contribution >= 0.6 is 11.6 Å². The molecule has 0 fully saturated rings. The van der Waals surface area contributed by atoms with E-state index in [1.54, 1.807) is 0 Å². The standard InChI is InChI=1S/C17H18ClNO/c1-12-6-7-15(18)16(10-12)19-11-13-8-9-20-17-5-3-2-4-14(13)17/h2-7,10,13,19H,8-9,11H2,1H3. The fourth-order valence-electron chi connectivity index (χ4n) is 2.64. The Morgan fingerprint density at radius 1 is 1.25 bits per heavy atom. The largest absolute Gasteiger partial charge is 0.493 e. The summed E-state index contributed by atoms with van der Waals surface area (Å²) in [4.78, 5) is 0. The molecule has 0 saturated heterocycles. The van der Waals surface area contributed by atoms with Crippen LogP contribution in [0.15, 0.2) is 42.5 Å². The van der Waals surface area contributed by atoms with Gasteiger partial charge in [0.15, 0.2) is 0 Å². The summed E-state index contributed by atoms with van der Waals surface area (Å²) in [5.41, 5.74) is 3.51. The Morgan fingerprint density at radius 2 is 2.10 bits per heavy atom. The predicted molar refractivity (Wildman–Crippen MR) is 84.0 cm³/mol. The van der Waals surface area contributed by atoms with Gasteiger partial charge in [0.05, 0.1) is 17.3 Å². The zero-order chi connectivity index (χ0) is 13.9. The molecule has 0 aromatic heterocycles. The van der Waals surface area contributed by atoms with Crippen LogP contribution in [-0.4, -0.2) is 13.2 Å².